The molecule has 1 saturated carbocycles. The Labute approximate surface area is 124 Å². The number of carbonyl (C=O) groups is 2. The quantitative estimate of drug-likeness (QED) is 0.720. The first kappa shape index (κ1) is 15.4. The number of amides is 2. The summed E-state index contributed by atoms with van der Waals surface area (Å²) >= 11 is 0. The van der Waals surface area contributed by atoms with Crippen LogP contribution in [-0.2, 0) is 17.8 Å². The van der Waals surface area contributed by atoms with E-state index in [1.807, 2.05) is 12.1 Å². The van der Waals surface area contributed by atoms with E-state index in [9.17, 15) is 9.59 Å². The largest absolute Gasteiger partial charge is 0.481 e. The maximum Gasteiger partial charge on any atom is 0.315 e. The standard InChI is InChI=1S/C16H22N2O3/c1-11(12-6-7-12)9-17-16(21)18-10-14-5-3-2-4-13(14)8-15(19)20/h2-5,11-12H,6-10H2,1H3,(H,19,20)(H2,17,18,21). The van der Waals surface area contributed by atoms with E-state index >= 15 is 0 Å². The van der Waals surface area contributed by atoms with Gasteiger partial charge in [0.25, 0.3) is 0 Å². The zero-order valence-corrected chi connectivity index (χ0v) is 12.3. The molecular weight excluding hydrogens is 268 g/mol. The Morgan fingerprint density at radius 2 is 1.90 bits per heavy atom. The molecule has 5 heteroatoms. The van der Waals surface area contributed by atoms with E-state index in [0.29, 0.717) is 19.0 Å². The smallest absolute Gasteiger partial charge is 0.315 e. The van der Waals surface area contributed by atoms with E-state index < -0.39 is 5.97 Å². The number of aliphatic carboxylic acids is 1. The molecule has 1 aliphatic carbocycles. The van der Waals surface area contributed by atoms with Crippen molar-refractivity contribution in [1.29, 1.82) is 0 Å². The van der Waals surface area contributed by atoms with Crippen LogP contribution in [0, 0.1) is 11.8 Å². The molecule has 1 atom stereocenters. The fraction of sp³-hybridized carbons (Fsp3) is 0.500. The third kappa shape index (κ3) is 5.10. The summed E-state index contributed by atoms with van der Waals surface area (Å²) in [6, 6.07) is 7.06. The molecule has 0 saturated heterocycles. The first-order valence-corrected chi connectivity index (χ1v) is 7.36. The Kier molecular flexibility index (Phi) is 5.20. The molecule has 1 aliphatic rings. The third-order valence-electron chi connectivity index (χ3n) is 3.91. The van der Waals surface area contributed by atoms with E-state index in [1.54, 1.807) is 12.1 Å². The van der Waals surface area contributed by atoms with Crippen molar-refractivity contribution in [3.05, 3.63) is 35.4 Å². The van der Waals surface area contributed by atoms with Crippen LogP contribution < -0.4 is 10.6 Å². The lowest BCUT2D eigenvalue weighted by molar-refractivity contribution is -0.136. The van der Waals surface area contributed by atoms with Gasteiger partial charge in [0.1, 0.15) is 0 Å². The van der Waals surface area contributed by atoms with Gasteiger partial charge in [0.05, 0.1) is 6.42 Å². The molecule has 5 nitrogen and oxygen atoms in total. The summed E-state index contributed by atoms with van der Waals surface area (Å²) in [7, 11) is 0. The van der Waals surface area contributed by atoms with Gasteiger partial charge >= 0.3 is 12.0 Å². The number of hydrogen-bond donors (Lipinski definition) is 3. The van der Waals surface area contributed by atoms with Crippen LogP contribution >= 0.6 is 0 Å². The van der Waals surface area contributed by atoms with Crippen LogP contribution in [0.3, 0.4) is 0 Å². The summed E-state index contributed by atoms with van der Waals surface area (Å²) in [6.07, 6.45) is 2.51. The number of rotatable bonds is 7. The Bertz CT molecular complexity index is 512. The molecule has 114 valence electrons. The summed E-state index contributed by atoms with van der Waals surface area (Å²) < 4.78 is 0. The van der Waals surface area contributed by atoms with Gasteiger partial charge in [-0.15, -0.1) is 0 Å². The van der Waals surface area contributed by atoms with E-state index in [2.05, 4.69) is 17.6 Å². The lowest BCUT2D eigenvalue weighted by Gasteiger charge is -2.13. The maximum atomic E-state index is 11.8. The zero-order valence-electron chi connectivity index (χ0n) is 12.3. The van der Waals surface area contributed by atoms with Crippen LogP contribution in [0.1, 0.15) is 30.9 Å². The zero-order chi connectivity index (χ0) is 15.2. The predicted molar refractivity (Wildman–Crippen MR) is 79.9 cm³/mol. The highest BCUT2D eigenvalue weighted by atomic mass is 16.4. The van der Waals surface area contributed by atoms with Gasteiger partial charge in [0.15, 0.2) is 0 Å². The molecule has 1 fully saturated rings. The Morgan fingerprint density at radius 3 is 2.52 bits per heavy atom. The van der Waals surface area contributed by atoms with Crippen molar-refractivity contribution in [3.8, 4) is 0 Å². The van der Waals surface area contributed by atoms with Crippen LogP contribution in [0.4, 0.5) is 4.79 Å². The number of nitrogens with one attached hydrogen (secondary N) is 2. The van der Waals surface area contributed by atoms with Gasteiger partial charge in [-0.1, -0.05) is 31.2 Å². The second-order valence-corrected chi connectivity index (χ2v) is 5.72. The molecule has 0 bridgehead atoms. The van der Waals surface area contributed by atoms with Crippen LogP contribution in [-0.4, -0.2) is 23.7 Å². The fourth-order valence-electron chi connectivity index (χ4n) is 2.39. The van der Waals surface area contributed by atoms with Crippen molar-refractivity contribution in [2.24, 2.45) is 11.8 Å². The molecule has 3 N–H and O–H groups in total. The van der Waals surface area contributed by atoms with Crippen molar-refractivity contribution in [1.82, 2.24) is 10.6 Å². The highest BCUT2D eigenvalue weighted by Crippen LogP contribution is 2.35. The van der Waals surface area contributed by atoms with E-state index in [-0.39, 0.29) is 12.5 Å². The molecule has 0 spiro atoms. The van der Waals surface area contributed by atoms with Crippen LogP contribution in [0.5, 0.6) is 0 Å². The minimum absolute atomic E-state index is 0.0296. The van der Waals surface area contributed by atoms with E-state index in [1.165, 1.54) is 12.8 Å². The molecule has 1 aromatic carbocycles. The molecule has 2 rings (SSSR count). The summed E-state index contributed by atoms with van der Waals surface area (Å²) in [5.74, 6) is 0.418. The summed E-state index contributed by atoms with van der Waals surface area (Å²) in [5.41, 5.74) is 1.57. The minimum Gasteiger partial charge on any atom is -0.481 e. The highest BCUT2D eigenvalue weighted by Gasteiger charge is 2.27. The molecule has 2 amide bonds. The Balaban J connectivity index is 1.78. The van der Waals surface area contributed by atoms with E-state index in [0.717, 1.165) is 17.0 Å². The summed E-state index contributed by atoms with van der Waals surface area (Å²) in [6.45, 7) is 3.18. The number of carboxylic acids is 1. The predicted octanol–water partition coefficient (Wildman–Crippen LogP) is 2.16. The number of hydrogen-bond acceptors (Lipinski definition) is 2. The van der Waals surface area contributed by atoms with Gasteiger partial charge in [-0.05, 0) is 35.8 Å². The van der Waals surface area contributed by atoms with Crippen molar-refractivity contribution in [2.75, 3.05) is 6.54 Å². The van der Waals surface area contributed by atoms with Crippen molar-refractivity contribution < 1.29 is 14.7 Å². The van der Waals surface area contributed by atoms with Crippen LogP contribution in [0.2, 0.25) is 0 Å². The number of benzene rings is 1. The third-order valence-corrected chi connectivity index (χ3v) is 3.91. The van der Waals surface area contributed by atoms with Gasteiger partial charge in [0, 0.05) is 13.1 Å². The molecule has 0 heterocycles. The Morgan fingerprint density at radius 1 is 1.24 bits per heavy atom. The first-order valence-electron chi connectivity index (χ1n) is 7.36. The monoisotopic (exact) mass is 290 g/mol. The van der Waals surface area contributed by atoms with Gasteiger partial charge < -0.3 is 15.7 Å². The van der Waals surface area contributed by atoms with Gasteiger partial charge in [-0.25, -0.2) is 4.79 Å². The van der Waals surface area contributed by atoms with Crippen molar-refractivity contribution >= 4 is 12.0 Å². The topological polar surface area (TPSA) is 78.4 Å². The number of carbonyl (C=O) groups excluding carboxylic acids is 1. The fourth-order valence-corrected chi connectivity index (χ4v) is 2.39. The molecule has 21 heavy (non-hydrogen) atoms. The van der Waals surface area contributed by atoms with Gasteiger partial charge in [-0.3, -0.25) is 4.79 Å². The summed E-state index contributed by atoms with van der Waals surface area (Å²) in [5, 5.41) is 14.5. The highest BCUT2D eigenvalue weighted by molar-refractivity contribution is 5.74. The molecule has 1 aromatic rings. The summed E-state index contributed by atoms with van der Waals surface area (Å²) in [4.78, 5) is 22.6. The molecule has 0 aromatic heterocycles. The lowest BCUT2D eigenvalue weighted by atomic mass is 10.0. The minimum atomic E-state index is -0.870. The number of urea groups is 1. The van der Waals surface area contributed by atoms with E-state index in [4.69, 9.17) is 5.11 Å². The van der Waals surface area contributed by atoms with Crippen LogP contribution in [0.25, 0.3) is 0 Å². The average Bonchev–Trinajstić information content (AvgIpc) is 3.27. The molecule has 0 aliphatic heterocycles. The molecule has 0 radical (unpaired) electrons. The van der Waals surface area contributed by atoms with Crippen LogP contribution in [0.15, 0.2) is 24.3 Å². The van der Waals surface area contributed by atoms with Gasteiger partial charge in [0.2, 0.25) is 0 Å². The number of carboxylic acid groups (broad SMARTS) is 1. The van der Waals surface area contributed by atoms with Gasteiger partial charge in [-0.2, -0.15) is 0 Å². The lowest BCUT2D eigenvalue weighted by Crippen LogP contribution is -2.38. The normalized spacial score (nSPS) is 15.3. The molecular formula is C16H22N2O3. The first-order chi connectivity index (χ1) is 10.1. The molecule has 1 unspecified atom stereocenters. The average molecular weight is 290 g/mol. The second-order valence-electron chi connectivity index (χ2n) is 5.72. The van der Waals surface area contributed by atoms with Crippen molar-refractivity contribution in [3.63, 3.8) is 0 Å². The second kappa shape index (κ2) is 7.11. The Hall–Kier alpha value is -2.04. The van der Waals surface area contributed by atoms with Crippen molar-refractivity contribution in [2.45, 2.75) is 32.7 Å². The SMILES string of the molecule is CC(CNC(=O)NCc1ccccc1CC(=O)O)C1CC1. The maximum absolute atomic E-state index is 11.8.